The molecule has 0 spiro atoms. The van der Waals surface area contributed by atoms with Crippen LogP contribution in [0.25, 0.3) is 11.0 Å². The lowest BCUT2D eigenvalue weighted by atomic mass is 10.1. The summed E-state index contributed by atoms with van der Waals surface area (Å²) in [5.41, 5.74) is 2.59. The molecule has 8 nitrogen and oxygen atoms in total. The maximum absolute atomic E-state index is 12.9. The number of aromatic amines is 1. The second-order valence-electron chi connectivity index (χ2n) is 7.49. The molecule has 9 heteroatoms. The third-order valence-corrected chi connectivity index (χ3v) is 5.87. The van der Waals surface area contributed by atoms with E-state index in [9.17, 15) is 9.90 Å². The number of imidazole rings is 1. The molecule has 156 valence electrons. The van der Waals surface area contributed by atoms with Gasteiger partial charge in [-0.3, -0.25) is 9.69 Å². The van der Waals surface area contributed by atoms with Crippen molar-refractivity contribution < 1.29 is 19.4 Å². The summed E-state index contributed by atoms with van der Waals surface area (Å²) in [5, 5.41) is 13.9. The van der Waals surface area contributed by atoms with Gasteiger partial charge in [-0.15, -0.1) is 0 Å². The first-order chi connectivity index (χ1) is 14.6. The number of ether oxygens (including phenoxy) is 2. The van der Waals surface area contributed by atoms with E-state index < -0.39 is 12.1 Å². The number of aromatic nitrogens is 2. The minimum absolute atomic E-state index is 0.171. The van der Waals surface area contributed by atoms with Crippen molar-refractivity contribution in [3.05, 3.63) is 52.8 Å². The molecule has 2 unspecified atom stereocenters. The van der Waals surface area contributed by atoms with E-state index >= 15 is 0 Å². The van der Waals surface area contributed by atoms with Crippen LogP contribution in [-0.4, -0.2) is 51.4 Å². The maximum atomic E-state index is 12.9. The van der Waals surface area contributed by atoms with Gasteiger partial charge in [-0.1, -0.05) is 23.7 Å². The average Bonchev–Trinajstić information content (AvgIpc) is 3.44. The normalized spacial score (nSPS) is 20.7. The number of likely N-dealkylation sites (tertiary alicyclic amines) is 1. The van der Waals surface area contributed by atoms with Gasteiger partial charge in [-0.2, -0.15) is 0 Å². The summed E-state index contributed by atoms with van der Waals surface area (Å²) in [5.74, 6) is 1.69. The Bertz CT molecular complexity index is 1070. The first-order valence-electron chi connectivity index (χ1n) is 9.80. The number of amides is 1. The third-order valence-electron chi connectivity index (χ3n) is 5.52. The van der Waals surface area contributed by atoms with Gasteiger partial charge in [0, 0.05) is 24.2 Å². The number of para-hydroxylation sites is 2. The fraction of sp³-hybridized carbons (Fsp3) is 0.333. The summed E-state index contributed by atoms with van der Waals surface area (Å²) < 4.78 is 10.8. The lowest BCUT2D eigenvalue weighted by molar-refractivity contribution is -0.128. The van der Waals surface area contributed by atoms with E-state index in [1.54, 1.807) is 6.07 Å². The number of rotatable bonds is 5. The summed E-state index contributed by atoms with van der Waals surface area (Å²) >= 11 is 6.39. The van der Waals surface area contributed by atoms with Crippen LogP contribution in [0.1, 0.15) is 17.8 Å². The van der Waals surface area contributed by atoms with E-state index in [-0.39, 0.29) is 19.2 Å². The number of nitrogens with one attached hydrogen (secondary N) is 2. The highest BCUT2D eigenvalue weighted by molar-refractivity contribution is 6.31. The molecule has 0 bridgehead atoms. The lowest BCUT2D eigenvalue weighted by Gasteiger charge is -2.25. The van der Waals surface area contributed by atoms with Crippen LogP contribution in [0.5, 0.6) is 11.5 Å². The molecule has 3 N–H and O–H groups in total. The highest BCUT2D eigenvalue weighted by Gasteiger charge is 2.38. The quantitative estimate of drug-likeness (QED) is 0.576. The Labute approximate surface area is 177 Å². The molecular formula is C21H21ClN4O4. The number of benzene rings is 2. The molecule has 3 heterocycles. The Morgan fingerprint density at radius 1 is 1.30 bits per heavy atom. The summed E-state index contributed by atoms with van der Waals surface area (Å²) in [6, 6.07) is 10.6. The number of halogens is 1. The number of hydrogen-bond acceptors (Lipinski definition) is 6. The fourth-order valence-electron chi connectivity index (χ4n) is 4.02. The minimum atomic E-state index is -0.742. The minimum Gasteiger partial charge on any atom is -0.454 e. The number of nitrogens with zero attached hydrogens (tertiary/aromatic N) is 2. The van der Waals surface area contributed by atoms with Gasteiger partial charge >= 0.3 is 0 Å². The number of fused-ring (bicyclic) bond motifs is 2. The van der Waals surface area contributed by atoms with Crippen LogP contribution in [0.2, 0.25) is 5.02 Å². The van der Waals surface area contributed by atoms with Crippen LogP contribution >= 0.6 is 11.6 Å². The van der Waals surface area contributed by atoms with Crippen LogP contribution < -0.4 is 14.8 Å². The van der Waals surface area contributed by atoms with Crippen molar-refractivity contribution in [1.82, 2.24) is 20.2 Å². The van der Waals surface area contributed by atoms with Crippen molar-refractivity contribution in [2.45, 2.75) is 31.7 Å². The lowest BCUT2D eigenvalue weighted by Crippen LogP contribution is -2.47. The zero-order valence-electron chi connectivity index (χ0n) is 16.1. The van der Waals surface area contributed by atoms with E-state index in [4.69, 9.17) is 21.1 Å². The van der Waals surface area contributed by atoms with Gasteiger partial charge in [0.2, 0.25) is 12.7 Å². The SMILES string of the molecule is O=C(NCc1nc2ccccc2[nH]1)C1C(O)CCN1Cc1cc2c(cc1Cl)OCO2. The van der Waals surface area contributed by atoms with E-state index in [0.717, 1.165) is 16.6 Å². The summed E-state index contributed by atoms with van der Waals surface area (Å²) in [7, 11) is 0. The fourth-order valence-corrected chi connectivity index (χ4v) is 4.23. The summed E-state index contributed by atoms with van der Waals surface area (Å²) in [6.45, 7) is 1.45. The molecule has 30 heavy (non-hydrogen) atoms. The molecule has 2 aliphatic rings. The van der Waals surface area contributed by atoms with E-state index in [1.807, 2.05) is 35.2 Å². The van der Waals surface area contributed by atoms with Gasteiger partial charge in [0.1, 0.15) is 11.9 Å². The molecule has 5 rings (SSSR count). The molecule has 0 aliphatic carbocycles. The molecule has 1 aromatic heterocycles. The van der Waals surface area contributed by atoms with Crippen molar-refractivity contribution in [3.8, 4) is 11.5 Å². The van der Waals surface area contributed by atoms with Gasteiger partial charge in [0.25, 0.3) is 0 Å². The number of hydrogen-bond donors (Lipinski definition) is 3. The largest absolute Gasteiger partial charge is 0.454 e. The molecule has 1 fully saturated rings. The van der Waals surface area contributed by atoms with Crippen molar-refractivity contribution in [2.75, 3.05) is 13.3 Å². The van der Waals surface area contributed by atoms with Gasteiger partial charge in [0.05, 0.1) is 23.7 Å². The van der Waals surface area contributed by atoms with E-state index in [0.29, 0.717) is 41.9 Å². The van der Waals surface area contributed by atoms with Crippen molar-refractivity contribution in [1.29, 1.82) is 0 Å². The monoisotopic (exact) mass is 428 g/mol. The number of aliphatic hydroxyl groups is 1. The molecule has 1 amide bonds. The average molecular weight is 429 g/mol. The molecule has 0 saturated carbocycles. The zero-order valence-corrected chi connectivity index (χ0v) is 16.9. The Balaban J connectivity index is 1.28. The molecule has 2 aromatic carbocycles. The van der Waals surface area contributed by atoms with Crippen molar-refractivity contribution in [3.63, 3.8) is 0 Å². The van der Waals surface area contributed by atoms with E-state index in [2.05, 4.69) is 15.3 Å². The maximum Gasteiger partial charge on any atom is 0.240 e. The number of carbonyl (C=O) groups excluding carboxylic acids is 1. The van der Waals surface area contributed by atoms with Crippen LogP contribution in [0.3, 0.4) is 0 Å². The van der Waals surface area contributed by atoms with Gasteiger partial charge in [-0.05, 0) is 30.2 Å². The van der Waals surface area contributed by atoms with Crippen LogP contribution in [0, 0.1) is 0 Å². The van der Waals surface area contributed by atoms with Gasteiger partial charge in [0.15, 0.2) is 11.5 Å². The van der Waals surface area contributed by atoms with Gasteiger partial charge < -0.3 is 24.9 Å². The number of H-pyrrole nitrogens is 1. The molecule has 3 aromatic rings. The van der Waals surface area contributed by atoms with Crippen LogP contribution in [0.4, 0.5) is 0 Å². The highest BCUT2D eigenvalue weighted by atomic mass is 35.5. The zero-order chi connectivity index (χ0) is 20.7. The summed E-state index contributed by atoms with van der Waals surface area (Å²) in [6.07, 6.45) is -0.223. The highest BCUT2D eigenvalue weighted by Crippen LogP contribution is 2.37. The molecule has 2 aliphatic heterocycles. The predicted molar refractivity (Wildman–Crippen MR) is 110 cm³/mol. The number of aliphatic hydroxyl groups excluding tert-OH is 1. The molecule has 0 radical (unpaired) electrons. The molecular weight excluding hydrogens is 408 g/mol. The topological polar surface area (TPSA) is 99.7 Å². The smallest absolute Gasteiger partial charge is 0.240 e. The van der Waals surface area contributed by atoms with Crippen LogP contribution in [-0.2, 0) is 17.9 Å². The standard InChI is InChI=1S/C21H21ClN4O4/c22-13-8-18-17(29-11-30-18)7-12(13)10-26-6-5-16(27)20(26)21(28)23-9-19-24-14-3-1-2-4-15(14)25-19/h1-4,7-8,16,20,27H,5-6,9-11H2,(H,23,28)(H,24,25). The Morgan fingerprint density at radius 3 is 2.93 bits per heavy atom. The Morgan fingerprint density at radius 2 is 2.10 bits per heavy atom. The third kappa shape index (κ3) is 3.58. The van der Waals surface area contributed by atoms with E-state index in [1.165, 1.54) is 0 Å². The first-order valence-corrected chi connectivity index (χ1v) is 10.2. The van der Waals surface area contributed by atoms with Gasteiger partial charge in [-0.25, -0.2) is 4.98 Å². The first kappa shape index (κ1) is 19.2. The molecule has 2 atom stereocenters. The van der Waals surface area contributed by atoms with Crippen LogP contribution in [0.15, 0.2) is 36.4 Å². The molecule has 1 saturated heterocycles. The second kappa shape index (κ2) is 7.79. The predicted octanol–water partition coefficient (Wildman–Crippen LogP) is 2.20. The van der Waals surface area contributed by atoms with Crippen molar-refractivity contribution >= 4 is 28.5 Å². The Kier molecular flexibility index (Phi) is 4.98. The summed E-state index contributed by atoms with van der Waals surface area (Å²) in [4.78, 5) is 22.5. The Hall–Kier alpha value is -2.81. The number of carbonyl (C=O) groups is 1. The van der Waals surface area contributed by atoms with Crippen molar-refractivity contribution in [2.24, 2.45) is 0 Å². The second-order valence-corrected chi connectivity index (χ2v) is 7.89.